The molecule has 5 heterocycles. The fourth-order valence-corrected chi connectivity index (χ4v) is 6.03. The third-order valence-electron chi connectivity index (χ3n) is 8.13. The average Bonchev–Trinajstić information content (AvgIpc) is 3.46. The lowest BCUT2D eigenvalue weighted by atomic mass is 9.87. The summed E-state index contributed by atoms with van der Waals surface area (Å²) in [4.78, 5) is 29.8. The predicted molar refractivity (Wildman–Crippen MR) is 148 cm³/mol. The van der Waals surface area contributed by atoms with E-state index in [-0.39, 0.29) is 5.91 Å². The van der Waals surface area contributed by atoms with Gasteiger partial charge < -0.3 is 19.4 Å². The predicted octanol–water partition coefficient (Wildman–Crippen LogP) is 4.62. The van der Waals surface area contributed by atoms with Crippen LogP contribution in [0.3, 0.4) is 0 Å². The number of pyridine rings is 2. The van der Waals surface area contributed by atoms with E-state index in [4.69, 9.17) is 9.47 Å². The van der Waals surface area contributed by atoms with Gasteiger partial charge in [-0.25, -0.2) is 9.97 Å². The molecule has 0 aliphatic carbocycles. The molecule has 3 aromatic heterocycles. The summed E-state index contributed by atoms with van der Waals surface area (Å²) in [6.45, 7) is 4.62. The largest absolute Gasteiger partial charge is 0.497 e. The molecule has 8 heteroatoms. The van der Waals surface area contributed by atoms with Gasteiger partial charge >= 0.3 is 0 Å². The normalized spacial score (nSPS) is 19.2. The van der Waals surface area contributed by atoms with Crippen LogP contribution in [-0.4, -0.2) is 77.1 Å². The zero-order valence-electron chi connectivity index (χ0n) is 21.9. The Kier molecular flexibility index (Phi) is 7.14. The van der Waals surface area contributed by atoms with Gasteiger partial charge in [-0.2, -0.15) is 0 Å². The molecule has 0 radical (unpaired) electrons. The monoisotopic (exact) mass is 513 g/mol. The Balaban J connectivity index is 1.02. The van der Waals surface area contributed by atoms with E-state index in [1.807, 2.05) is 47.8 Å². The summed E-state index contributed by atoms with van der Waals surface area (Å²) in [5, 5.41) is 2.35. The molecule has 2 fully saturated rings. The highest BCUT2D eigenvalue weighted by Crippen LogP contribution is 2.35. The number of nitrogens with one attached hydrogen (secondary N) is 1. The van der Waals surface area contributed by atoms with Gasteiger partial charge in [-0.1, -0.05) is 0 Å². The molecule has 198 valence electrons. The minimum Gasteiger partial charge on any atom is -0.497 e. The number of fused-ring (bicyclic) bond motifs is 3. The molecule has 0 bridgehead atoms. The molecule has 1 aromatic carbocycles. The van der Waals surface area contributed by atoms with Crippen LogP contribution in [-0.2, 0) is 4.79 Å². The maximum atomic E-state index is 13.2. The van der Waals surface area contributed by atoms with Crippen molar-refractivity contribution in [3.8, 4) is 11.5 Å². The SMILES string of the molecule is COc1ccc(OCC2CCCN(C(=O)CN3CCC(c4cc[nH]c5cnc6nccc6c45)CC3)C2)cc1. The van der Waals surface area contributed by atoms with Crippen LogP contribution in [0.2, 0.25) is 0 Å². The quantitative estimate of drug-likeness (QED) is 0.388. The van der Waals surface area contributed by atoms with Gasteiger partial charge in [0.25, 0.3) is 0 Å². The van der Waals surface area contributed by atoms with Gasteiger partial charge in [0.2, 0.25) is 5.91 Å². The van der Waals surface area contributed by atoms with Crippen molar-refractivity contribution in [2.24, 2.45) is 5.92 Å². The van der Waals surface area contributed by atoms with Gasteiger partial charge in [0.1, 0.15) is 11.5 Å². The number of nitrogens with zero attached hydrogens (tertiary/aromatic N) is 4. The van der Waals surface area contributed by atoms with Crippen LogP contribution in [0.5, 0.6) is 11.5 Å². The van der Waals surface area contributed by atoms with Crippen LogP contribution >= 0.6 is 0 Å². The van der Waals surface area contributed by atoms with Crippen molar-refractivity contribution in [2.75, 3.05) is 46.4 Å². The van der Waals surface area contributed by atoms with Gasteiger partial charge in [0.15, 0.2) is 5.65 Å². The molecule has 2 aliphatic heterocycles. The Morgan fingerprint density at radius 1 is 1.03 bits per heavy atom. The number of H-pyrrole nitrogens is 1. The number of methoxy groups -OCH3 is 1. The molecule has 38 heavy (non-hydrogen) atoms. The molecule has 1 N–H and O–H groups in total. The molecule has 0 spiro atoms. The molecule has 8 nitrogen and oxygen atoms in total. The smallest absolute Gasteiger partial charge is 0.236 e. The number of hydrogen-bond acceptors (Lipinski definition) is 6. The Morgan fingerprint density at radius 2 is 1.84 bits per heavy atom. The summed E-state index contributed by atoms with van der Waals surface area (Å²) in [6.07, 6.45) is 9.94. The minimum atomic E-state index is 0.244. The van der Waals surface area contributed by atoms with Crippen molar-refractivity contribution in [3.63, 3.8) is 0 Å². The number of piperidine rings is 2. The van der Waals surface area contributed by atoms with E-state index >= 15 is 0 Å². The van der Waals surface area contributed by atoms with Crippen LogP contribution < -0.4 is 9.47 Å². The lowest BCUT2D eigenvalue weighted by molar-refractivity contribution is -0.134. The van der Waals surface area contributed by atoms with Crippen molar-refractivity contribution in [1.29, 1.82) is 0 Å². The maximum absolute atomic E-state index is 13.2. The number of carbonyl (C=O) groups excluding carboxylic acids is 1. The molecule has 6 rings (SSSR count). The number of rotatable bonds is 7. The second-order valence-corrected chi connectivity index (χ2v) is 10.5. The molecule has 1 unspecified atom stereocenters. The van der Waals surface area contributed by atoms with Gasteiger partial charge in [0, 0.05) is 42.2 Å². The highest BCUT2D eigenvalue weighted by Gasteiger charge is 2.28. The lowest BCUT2D eigenvalue weighted by Gasteiger charge is -2.36. The first kappa shape index (κ1) is 24.7. The van der Waals surface area contributed by atoms with Crippen LogP contribution in [0.1, 0.15) is 37.2 Å². The third-order valence-corrected chi connectivity index (χ3v) is 8.13. The fraction of sp³-hybridized carbons (Fsp3) is 0.433. The number of aromatic nitrogens is 3. The Morgan fingerprint density at radius 3 is 2.66 bits per heavy atom. The van der Waals surface area contributed by atoms with E-state index in [2.05, 4.69) is 32.0 Å². The summed E-state index contributed by atoms with van der Waals surface area (Å²) in [5.74, 6) is 2.73. The molecule has 1 amide bonds. The van der Waals surface area contributed by atoms with Crippen molar-refractivity contribution in [2.45, 2.75) is 31.6 Å². The molecule has 4 aromatic rings. The highest BCUT2D eigenvalue weighted by atomic mass is 16.5. The number of carbonyl (C=O) groups is 1. The Hall–Kier alpha value is -3.65. The number of benzene rings is 1. The molecule has 2 aliphatic rings. The maximum Gasteiger partial charge on any atom is 0.236 e. The first-order chi connectivity index (χ1) is 18.7. The van der Waals surface area contributed by atoms with Crippen molar-refractivity contribution in [3.05, 3.63) is 60.6 Å². The summed E-state index contributed by atoms with van der Waals surface area (Å²) >= 11 is 0. The van der Waals surface area contributed by atoms with Crippen molar-refractivity contribution >= 4 is 27.8 Å². The average molecular weight is 514 g/mol. The summed E-state index contributed by atoms with van der Waals surface area (Å²) < 4.78 is 11.2. The third kappa shape index (κ3) is 5.18. The summed E-state index contributed by atoms with van der Waals surface area (Å²) in [5.41, 5.74) is 3.22. The van der Waals surface area contributed by atoms with E-state index in [9.17, 15) is 4.79 Å². The number of amides is 1. The van der Waals surface area contributed by atoms with Gasteiger partial charge in [-0.3, -0.25) is 9.69 Å². The van der Waals surface area contributed by atoms with E-state index in [0.717, 1.165) is 79.9 Å². The van der Waals surface area contributed by atoms with Crippen molar-refractivity contribution < 1.29 is 14.3 Å². The Labute approximate surface area is 223 Å². The first-order valence-electron chi connectivity index (χ1n) is 13.7. The first-order valence-corrected chi connectivity index (χ1v) is 13.7. The second-order valence-electron chi connectivity index (χ2n) is 10.5. The second kappa shape index (κ2) is 11.0. The topological polar surface area (TPSA) is 83.6 Å². The van der Waals surface area contributed by atoms with Gasteiger partial charge in [-0.05, 0) is 86.7 Å². The molecule has 0 saturated carbocycles. The summed E-state index contributed by atoms with van der Waals surface area (Å²) in [7, 11) is 1.66. The molecular formula is C30H35N5O3. The van der Waals surface area contributed by atoms with E-state index in [0.29, 0.717) is 25.0 Å². The fourth-order valence-electron chi connectivity index (χ4n) is 6.03. The standard InChI is InChI=1S/C30H35N5O3/c1-37-23-4-6-24(7-5-23)38-20-21-3-2-14-35(18-21)28(36)19-34-15-10-22(11-16-34)25-8-12-31-27-17-33-30-26(29(25)27)9-13-32-30/h4-9,12-13,17,21-22,31H,2-3,10-11,14-16,18-20H2,1H3. The zero-order valence-corrected chi connectivity index (χ0v) is 21.9. The molecule has 1 atom stereocenters. The molecule has 2 saturated heterocycles. The zero-order chi connectivity index (χ0) is 25.9. The van der Waals surface area contributed by atoms with E-state index < -0.39 is 0 Å². The van der Waals surface area contributed by atoms with Gasteiger partial charge in [0.05, 0.1) is 32.0 Å². The van der Waals surface area contributed by atoms with E-state index in [1.165, 1.54) is 10.9 Å². The molecular weight excluding hydrogens is 478 g/mol. The Bertz CT molecular complexity index is 1390. The van der Waals surface area contributed by atoms with E-state index in [1.54, 1.807) is 7.11 Å². The van der Waals surface area contributed by atoms with Crippen LogP contribution in [0, 0.1) is 5.92 Å². The highest BCUT2D eigenvalue weighted by molar-refractivity contribution is 6.05. The van der Waals surface area contributed by atoms with Crippen LogP contribution in [0.4, 0.5) is 0 Å². The number of aromatic amines is 1. The van der Waals surface area contributed by atoms with Crippen LogP contribution in [0.25, 0.3) is 21.9 Å². The lowest BCUT2D eigenvalue weighted by Crippen LogP contribution is -2.47. The number of likely N-dealkylation sites (tertiary alicyclic amines) is 2. The minimum absolute atomic E-state index is 0.244. The number of ether oxygens (including phenoxy) is 2. The number of hydrogen-bond donors (Lipinski definition) is 1. The van der Waals surface area contributed by atoms with Crippen LogP contribution in [0.15, 0.2) is 55.0 Å². The summed E-state index contributed by atoms with van der Waals surface area (Å²) in [6, 6.07) is 11.9. The van der Waals surface area contributed by atoms with Gasteiger partial charge in [-0.15, -0.1) is 0 Å². The van der Waals surface area contributed by atoms with Crippen molar-refractivity contribution in [1.82, 2.24) is 24.8 Å².